The van der Waals surface area contributed by atoms with Crippen molar-refractivity contribution in [1.29, 1.82) is 0 Å². The Bertz CT molecular complexity index is 1350. The molecule has 0 unspecified atom stereocenters. The van der Waals surface area contributed by atoms with Gasteiger partial charge in [0, 0.05) is 0 Å². The van der Waals surface area contributed by atoms with Crippen LogP contribution in [-0.4, -0.2) is 57.8 Å². The number of alkyl carbamates (subject to hydrolysis) is 1. The molecule has 0 fully saturated rings. The average Bonchev–Trinajstić information content (AvgIpc) is 3.25. The predicted molar refractivity (Wildman–Crippen MR) is 155 cm³/mol. The topological polar surface area (TPSA) is 90.9 Å². The van der Waals surface area contributed by atoms with Crippen LogP contribution >= 0.6 is 0 Å². The molecule has 0 spiro atoms. The molecule has 1 atom stereocenters. The van der Waals surface area contributed by atoms with Gasteiger partial charge < -0.3 is 0 Å². The fourth-order valence-electron chi connectivity index (χ4n) is 4.42. The summed E-state index contributed by atoms with van der Waals surface area (Å²) in [6.07, 6.45) is 0.776. The van der Waals surface area contributed by atoms with E-state index in [1.54, 1.807) is 18.2 Å². The molecule has 208 valence electrons. The van der Waals surface area contributed by atoms with Crippen LogP contribution in [0.1, 0.15) is 48.2 Å². The van der Waals surface area contributed by atoms with Crippen LogP contribution in [0.3, 0.4) is 0 Å². The Labute approximate surface area is 241 Å². The second-order valence-electron chi connectivity index (χ2n) is 10.3. The Morgan fingerprint density at radius 1 is 0.950 bits per heavy atom. The first-order valence-electron chi connectivity index (χ1n) is 13.0. The van der Waals surface area contributed by atoms with Crippen LogP contribution in [0.15, 0.2) is 85.5 Å². The Balaban J connectivity index is 1.41. The fraction of sp³-hybridized carbons (Fsp3) is 0.281. The first kappa shape index (κ1) is 29.1. The number of ether oxygens (including phenoxy) is 3. The first-order valence-corrected chi connectivity index (χ1v) is 15.1. The molecular formula is C32H33NO6Se. The van der Waals surface area contributed by atoms with E-state index in [1.165, 1.54) is 6.08 Å². The van der Waals surface area contributed by atoms with Gasteiger partial charge in [0.25, 0.3) is 0 Å². The summed E-state index contributed by atoms with van der Waals surface area (Å²) >= 11 is -0.257. The van der Waals surface area contributed by atoms with E-state index in [9.17, 15) is 14.4 Å². The van der Waals surface area contributed by atoms with E-state index in [2.05, 4.69) is 24.0 Å². The zero-order valence-electron chi connectivity index (χ0n) is 22.8. The molecule has 0 bridgehead atoms. The quantitative estimate of drug-likeness (QED) is 0.151. The summed E-state index contributed by atoms with van der Waals surface area (Å²) in [6.45, 7) is 9.18. The summed E-state index contributed by atoms with van der Waals surface area (Å²) < 4.78 is 17.2. The van der Waals surface area contributed by atoms with Gasteiger partial charge in [-0.2, -0.15) is 0 Å². The Morgan fingerprint density at radius 3 is 2.23 bits per heavy atom. The van der Waals surface area contributed by atoms with Crippen LogP contribution in [0.5, 0.6) is 0 Å². The van der Waals surface area contributed by atoms with E-state index in [0.29, 0.717) is 10.9 Å². The molecule has 40 heavy (non-hydrogen) atoms. The third kappa shape index (κ3) is 7.40. The van der Waals surface area contributed by atoms with Crippen molar-refractivity contribution in [2.45, 2.75) is 43.7 Å². The number of esters is 2. The van der Waals surface area contributed by atoms with Crippen molar-refractivity contribution in [3.05, 3.63) is 102 Å². The molecule has 1 N–H and O–H groups in total. The number of fused-ring (bicyclic) bond motifs is 3. The van der Waals surface area contributed by atoms with E-state index in [0.717, 1.165) is 26.7 Å². The monoisotopic (exact) mass is 607 g/mol. The van der Waals surface area contributed by atoms with Gasteiger partial charge in [-0.25, -0.2) is 0 Å². The van der Waals surface area contributed by atoms with Crippen molar-refractivity contribution < 1.29 is 28.6 Å². The summed E-state index contributed by atoms with van der Waals surface area (Å²) in [5.41, 5.74) is 4.30. The Kier molecular flexibility index (Phi) is 9.46. The minimum absolute atomic E-state index is 0.0306. The summed E-state index contributed by atoms with van der Waals surface area (Å²) in [7, 11) is 0. The van der Waals surface area contributed by atoms with Gasteiger partial charge in [-0.05, 0) is 0 Å². The zero-order chi connectivity index (χ0) is 28.7. The maximum absolute atomic E-state index is 12.9. The summed E-state index contributed by atoms with van der Waals surface area (Å²) in [4.78, 5) is 38.1. The van der Waals surface area contributed by atoms with Gasteiger partial charge in [0.05, 0.1) is 0 Å². The minimum atomic E-state index is -0.916. The first-order chi connectivity index (χ1) is 19.2. The second-order valence-corrected chi connectivity index (χ2v) is 12.6. The molecule has 0 aliphatic heterocycles. The van der Waals surface area contributed by atoms with E-state index < -0.39 is 29.7 Å². The third-order valence-electron chi connectivity index (χ3n) is 6.15. The normalized spacial score (nSPS) is 13.0. The van der Waals surface area contributed by atoms with Gasteiger partial charge in [-0.1, -0.05) is 0 Å². The molecule has 1 aliphatic carbocycles. The number of carbonyl (C=O) groups excluding carboxylic acids is 3. The standard InChI is InChI=1S/C32H33NO6Se/c1-5-17-37-30(35)28(20-40-22-12-10-11-21(18-22)29(34)39-32(2,3)4)33-31(36)38-19-27-25-15-8-6-13-23(25)24-14-7-9-16-26(24)27/h5-16,18,27-28H,1,17,19-20H2,2-4H3,(H,33,36)/t28-/m0/s1. The summed E-state index contributed by atoms with van der Waals surface area (Å²) in [6, 6.07) is 22.4. The van der Waals surface area contributed by atoms with Crippen LogP contribution in [-0.2, 0) is 19.0 Å². The molecule has 1 amide bonds. The zero-order valence-corrected chi connectivity index (χ0v) is 24.6. The van der Waals surface area contributed by atoms with E-state index >= 15 is 0 Å². The SMILES string of the molecule is C=CCOC(=O)[C@H](C[Se]c1cccc(C(=O)OC(C)(C)C)c1)NC(=O)OCC1c2ccccc2-c2ccccc21. The van der Waals surface area contributed by atoms with Crippen molar-refractivity contribution in [1.82, 2.24) is 5.32 Å². The maximum atomic E-state index is 12.9. The number of benzene rings is 3. The molecule has 1 aliphatic rings. The average molecular weight is 607 g/mol. The van der Waals surface area contributed by atoms with Crippen LogP contribution in [0.2, 0.25) is 5.32 Å². The number of rotatable bonds is 10. The number of carbonyl (C=O) groups is 3. The van der Waals surface area contributed by atoms with Crippen LogP contribution in [0, 0.1) is 0 Å². The number of amides is 1. The molecule has 0 radical (unpaired) electrons. The van der Waals surface area contributed by atoms with Gasteiger partial charge >= 0.3 is 241 Å². The van der Waals surface area contributed by atoms with Gasteiger partial charge in [-0.15, -0.1) is 0 Å². The van der Waals surface area contributed by atoms with Crippen LogP contribution in [0.25, 0.3) is 11.1 Å². The van der Waals surface area contributed by atoms with Crippen molar-refractivity contribution >= 4 is 37.5 Å². The molecule has 8 heteroatoms. The Morgan fingerprint density at radius 2 is 1.60 bits per heavy atom. The van der Waals surface area contributed by atoms with Gasteiger partial charge in [0.1, 0.15) is 0 Å². The van der Waals surface area contributed by atoms with Crippen molar-refractivity contribution in [2.24, 2.45) is 0 Å². The molecule has 0 saturated heterocycles. The molecule has 0 heterocycles. The summed E-state index contributed by atoms with van der Waals surface area (Å²) in [5, 5.41) is 3.00. The number of nitrogens with one attached hydrogen (secondary N) is 1. The number of hydrogen-bond donors (Lipinski definition) is 1. The Hall–Kier alpha value is -3.87. The molecule has 0 aromatic heterocycles. The molecule has 7 nitrogen and oxygen atoms in total. The number of hydrogen-bond acceptors (Lipinski definition) is 6. The fourth-order valence-corrected chi connectivity index (χ4v) is 6.44. The van der Waals surface area contributed by atoms with Gasteiger partial charge in [0.2, 0.25) is 0 Å². The predicted octanol–water partition coefficient (Wildman–Crippen LogP) is 5.03. The van der Waals surface area contributed by atoms with Crippen molar-refractivity contribution in [3.8, 4) is 11.1 Å². The molecule has 0 saturated carbocycles. The van der Waals surface area contributed by atoms with Crippen LogP contribution < -0.4 is 9.78 Å². The van der Waals surface area contributed by atoms with Crippen molar-refractivity contribution in [2.75, 3.05) is 13.2 Å². The van der Waals surface area contributed by atoms with E-state index in [1.807, 2.05) is 63.2 Å². The van der Waals surface area contributed by atoms with Gasteiger partial charge in [0.15, 0.2) is 0 Å². The molecule has 4 rings (SSSR count). The molecule has 3 aromatic carbocycles. The van der Waals surface area contributed by atoms with Crippen LogP contribution in [0.4, 0.5) is 4.79 Å². The van der Waals surface area contributed by atoms with E-state index in [4.69, 9.17) is 14.2 Å². The third-order valence-corrected chi connectivity index (χ3v) is 8.43. The summed E-state index contributed by atoms with van der Waals surface area (Å²) in [5.74, 6) is -1.08. The van der Waals surface area contributed by atoms with Crippen molar-refractivity contribution in [3.63, 3.8) is 0 Å². The molecule has 3 aromatic rings. The van der Waals surface area contributed by atoms with Gasteiger partial charge in [-0.3, -0.25) is 0 Å². The second kappa shape index (κ2) is 13.0. The molecular weight excluding hydrogens is 573 g/mol. The van der Waals surface area contributed by atoms with E-state index in [-0.39, 0.29) is 34.1 Å².